The molecule has 1 nitrogen and oxygen atoms in total. The Kier molecular flexibility index (Phi) is 2.31. The van der Waals surface area contributed by atoms with Crippen molar-refractivity contribution >= 4 is 27.1 Å². The van der Waals surface area contributed by atoms with E-state index < -0.39 is 0 Å². The molecule has 0 fully saturated rings. The average Bonchev–Trinajstić information content (AvgIpc) is 2.48. The molecule has 0 spiro atoms. The molecule has 0 aliphatic rings. The third-order valence-corrected chi connectivity index (χ3v) is 4.17. The summed E-state index contributed by atoms with van der Waals surface area (Å²) in [6.07, 6.45) is 4.40. The van der Waals surface area contributed by atoms with Gasteiger partial charge in [-0.2, -0.15) is 4.40 Å². The molecular weight excluding hydrogens is 242 g/mol. The summed E-state index contributed by atoms with van der Waals surface area (Å²) in [4.78, 5) is 0. The molecule has 0 aliphatic heterocycles. The molecule has 0 unspecified atom stereocenters. The highest BCUT2D eigenvalue weighted by Crippen LogP contribution is 2.27. The number of aromatic nitrogens is 1. The van der Waals surface area contributed by atoms with Crippen molar-refractivity contribution in [3.8, 4) is 0 Å². The summed E-state index contributed by atoms with van der Waals surface area (Å²) in [5.41, 5.74) is 3.93. The summed E-state index contributed by atoms with van der Waals surface area (Å²) in [5.74, 6) is 0. The Balaban J connectivity index is 2.28. The maximum absolute atomic E-state index is 2.25. The first kappa shape index (κ1) is 11.4. The first-order chi connectivity index (χ1) is 9.74. The standard InChI is InChI=1S/C19H16N/c1-13-9-10-20-12-18-16(14(2)19(20)11-13)8-7-15-5-3-4-6-17(15)18/h3-12H,1-2H3/q+1. The molecule has 2 heterocycles. The highest BCUT2D eigenvalue weighted by atomic mass is 14.8. The van der Waals surface area contributed by atoms with Crippen molar-refractivity contribution in [1.82, 2.24) is 0 Å². The van der Waals surface area contributed by atoms with Crippen molar-refractivity contribution in [2.45, 2.75) is 13.8 Å². The van der Waals surface area contributed by atoms with Crippen LogP contribution in [0.15, 0.2) is 60.9 Å². The van der Waals surface area contributed by atoms with E-state index >= 15 is 0 Å². The lowest BCUT2D eigenvalue weighted by atomic mass is 9.99. The van der Waals surface area contributed by atoms with Crippen molar-refractivity contribution < 1.29 is 4.40 Å². The SMILES string of the molecule is Cc1cc[n+]2cc3c(ccc4ccccc43)c(C)c2c1. The van der Waals surface area contributed by atoms with E-state index in [0.29, 0.717) is 0 Å². The molecule has 0 amide bonds. The van der Waals surface area contributed by atoms with Crippen LogP contribution in [0.4, 0.5) is 0 Å². The molecule has 0 radical (unpaired) electrons. The molecule has 1 heteroatoms. The second-order valence-electron chi connectivity index (χ2n) is 5.50. The zero-order valence-corrected chi connectivity index (χ0v) is 11.7. The van der Waals surface area contributed by atoms with E-state index in [1.54, 1.807) is 0 Å². The molecule has 96 valence electrons. The first-order valence-electron chi connectivity index (χ1n) is 6.97. The third-order valence-electron chi connectivity index (χ3n) is 4.17. The lowest BCUT2D eigenvalue weighted by Gasteiger charge is -2.06. The molecule has 0 bridgehead atoms. The molecule has 0 atom stereocenters. The van der Waals surface area contributed by atoms with Crippen LogP contribution in [-0.4, -0.2) is 0 Å². The Labute approximate surface area is 118 Å². The summed E-state index contributed by atoms with van der Waals surface area (Å²) in [6, 6.07) is 17.5. The van der Waals surface area contributed by atoms with Crippen LogP contribution in [0.3, 0.4) is 0 Å². The van der Waals surface area contributed by atoms with E-state index in [1.807, 2.05) is 0 Å². The molecule has 4 rings (SSSR count). The monoisotopic (exact) mass is 258 g/mol. The third kappa shape index (κ3) is 1.53. The Morgan fingerprint density at radius 2 is 1.65 bits per heavy atom. The van der Waals surface area contributed by atoms with Crippen molar-refractivity contribution in [1.29, 1.82) is 0 Å². The van der Waals surface area contributed by atoms with E-state index in [-0.39, 0.29) is 0 Å². The van der Waals surface area contributed by atoms with Gasteiger partial charge in [0.1, 0.15) is 0 Å². The molecule has 0 aliphatic carbocycles. The van der Waals surface area contributed by atoms with Crippen molar-refractivity contribution in [3.05, 3.63) is 72.1 Å². The summed E-state index contributed by atoms with van der Waals surface area (Å²) in [6.45, 7) is 4.36. The van der Waals surface area contributed by atoms with Gasteiger partial charge in [0.2, 0.25) is 5.52 Å². The van der Waals surface area contributed by atoms with Crippen molar-refractivity contribution in [3.63, 3.8) is 0 Å². The Morgan fingerprint density at radius 1 is 0.800 bits per heavy atom. The normalized spacial score (nSPS) is 11.5. The second-order valence-corrected chi connectivity index (χ2v) is 5.50. The topological polar surface area (TPSA) is 4.10 Å². The van der Waals surface area contributed by atoms with Crippen molar-refractivity contribution in [2.75, 3.05) is 0 Å². The quantitative estimate of drug-likeness (QED) is 0.251. The number of pyridine rings is 2. The van der Waals surface area contributed by atoms with Crippen LogP contribution in [0.25, 0.3) is 27.1 Å². The number of nitrogens with zero attached hydrogens (tertiary/aromatic N) is 1. The molecule has 2 aromatic carbocycles. The van der Waals surface area contributed by atoms with Crippen LogP contribution < -0.4 is 4.40 Å². The van der Waals surface area contributed by atoms with Gasteiger partial charge in [-0.15, -0.1) is 0 Å². The Morgan fingerprint density at radius 3 is 2.55 bits per heavy atom. The maximum atomic E-state index is 2.25. The van der Waals surface area contributed by atoms with Gasteiger partial charge in [0.05, 0.1) is 5.39 Å². The number of rotatable bonds is 0. The zero-order valence-electron chi connectivity index (χ0n) is 11.7. The first-order valence-corrected chi connectivity index (χ1v) is 6.97. The predicted octanol–water partition coefficient (Wildman–Crippen LogP) is 4.35. The fourth-order valence-electron chi connectivity index (χ4n) is 3.07. The lowest BCUT2D eigenvalue weighted by molar-refractivity contribution is -0.510. The van der Waals surface area contributed by atoms with Gasteiger partial charge in [0.25, 0.3) is 0 Å². The van der Waals surface area contributed by atoms with Gasteiger partial charge in [-0.05, 0) is 35.6 Å². The number of hydrogen-bond acceptors (Lipinski definition) is 0. The van der Waals surface area contributed by atoms with E-state index in [4.69, 9.17) is 0 Å². The largest absolute Gasteiger partial charge is 0.214 e. The number of hydrogen-bond donors (Lipinski definition) is 0. The second kappa shape index (κ2) is 4.04. The fourth-order valence-corrected chi connectivity index (χ4v) is 3.07. The lowest BCUT2D eigenvalue weighted by Crippen LogP contribution is -2.21. The molecule has 20 heavy (non-hydrogen) atoms. The van der Waals surface area contributed by atoms with Crippen LogP contribution in [0.2, 0.25) is 0 Å². The number of fused-ring (bicyclic) bond motifs is 4. The van der Waals surface area contributed by atoms with Crippen molar-refractivity contribution in [2.24, 2.45) is 0 Å². The molecule has 4 aromatic rings. The average molecular weight is 258 g/mol. The Hall–Kier alpha value is -2.41. The van der Waals surface area contributed by atoms with Gasteiger partial charge in [0, 0.05) is 17.7 Å². The van der Waals surface area contributed by atoms with E-state index in [9.17, 15) is 0 Å². The maximum Gasteiger partial charge on any atom is 0.214 e. The fraction of sp³-hybridized carbons (Fsp3) is 0.105. The summed E-state index contributed by atoms with van der Waals surface area (Å²) in [5, 5.41) is 5.28. The minimum Gasteiger partial charge on any atom is -0.166 e. The number of aryl methyl sites for hydroxylation is 2. The van der Waals surface area contributed by atoms with Crippen LogP contribution in [0, 0.1) is 13.8 Å². The highest BCUT2D eigenvalue weighted by molar-refractivity contribution is 6.08. The zero-order chi connectivity index (χ0) is 13.7. The highest BCUT2D eigenvalue weighted by Gasteiger charge is 2.12. The van der Waals surface area contributed by atoms with Gasteiger partial charge in [-0.25, -0.2) is 0 Å². The van der Waals surface area contributed by atoms with Crippen LogP contribution in [0.1, 0.15) is 11.1 Å². The minimum atomic E-state index is 1.28. The van der Waals surface area contributed by atoms with Gasteiger partial charge in [-0.3, -0.25) is 0 Å². The Bertz CT molecular complexity index is 967. The van der Waals surface area contributed by atoms with E-state index in [1.165, 1.54) is 38.2 Å². The van der Waals surface area contributed by atoms with Crippen LogP contribution >= 0.6 is 0 Å². The van der Waals surface area contributed by atoms with Crippen LogP contribution in [-0.2, 0) is 0 Å². The number of benzene rings is 2. The summed E-state index contributed by atoms with van der Waals surface area (Å²) < 4.78 is 2.23. The van der Waals surface area contributed by atoms with E-state index in [2.05, 4.69) is 79.2 Å². The molecule has 0 saturated carbocycles. The summed E-state index contributed by atoms with van der Waals surface area (Å²) >= 11 is 0. The molecule has 0 N–H and O–H groups in total. The van der Waals surface area contributed by atoms with Gasteiger partial charge in [0.15, 0.2) is 12.4 Å². The van der Waals surface area contributed by atoms with Crippen LogP contribution in [0.5, 0.6) is 0 Å². The van der Waals surface area contributed by atoms with Gasteiger partial charge >= 0.3 is 0 Å². The van der Waals surface area contributed by atoms with E-state index in [0.717, 1.165) is 0 Å². The predicted molar refractivity (Wildman–Crippen MR) is 84.1 cm³/mol. The van der Waals surface area contributed by atoms with Gasteiger partial charge in [-0.1, -0.05) is 36.4 Å². The van der Waals surface area contributed by atoms with Gasteiger partial charge < -0.3 is 0 Å². The molecular formula is C19H16N+. The minimum absolute atomic E-state index is 1.28. The molecule has 0 saturated heterocycles. The summed E-state index contributed by atoms with van der Waals surface area (Å²) in [7, 11) is 0. The smallest absolute Gasteiger partial charge is 0.166 e. The molecule has 2 aromatic heterocycles.